The number of nitrogens with two attached hydrogens (primary N) is 1. The zero-order chi connectivity index (χ0) is 30.6. The van der Waals surface area contributed by atoms with E-state index < -0.39 is 41.0 Å². The Morgan fingerprint density at radius 3 is 2.45 bits per heavy atom. The first kappa shape index (κ1) is 29.3. The van der Waals surface area contributed by atoms with E-state index in [0.29, 0.717) is 37.5 Å². The Balaban J connectivity index is 0.000000385. The molecule has 1 saturated heterocycles. The predicted octanol–water partition coefficient (Wildman–Crippen LogP) is -1.32. The zero-order valence-corrected chi connectivity index (χ0v) is 21.7. The van der Waals surface area contributed by atoms with Crippen LogP contribution in [-0.4, -0.2) is 79.8 Å². The van der Waals surface area contributed by atoms with Gasteiger partial charge in [-0.05, 0) is 30.7 Å². The number of aliphatic carboxylic acids is 2. The second-order valence-electron chi connectivity index (χ2n) is 9.28. The fourth-order valence-corrected chi connectivity index (χ4v) is 4.40. The number of fused-ring (bicyclic) bond motifs is 3. The fraction of sp³-hybridized carbons (Fsp3) is 0.292. The molecule has 0 saturated carbocycles. The van der Waals surface area contributed by atoms with Gasteiger partial charge in [-0.3, -0.25) is 29.1 Å². The number of carbonyl (C=O) groups is 3. The van der Waals surface area contributed by atoms with E-state index in [9.17, 15) is 38.3 Å². The van der Waals surface area contributed by atoms with Crippen molar-refractivity contribution in [2.45, 2.75) is 24.9 Å². The Bertz CT molecular complexity index is 1670. The zero-order valence-electron chi connectivity index (χ0n) is 21.7. The quantitative estimate of drug-likeness (QED) is 0.160. The second-order valence-corrected chi connectivity index (χ2v) is 9.28. The number of amides is 1. The van der Waals surface area contributed by atoms with Gasteiger partial charge in [-0.15, -0.1) is 0 Å². The topological polar surface area (TPSA) is 260 Å². The molecule has 42 heavy (non-hydrogen) atoms. The number of nitrogens with one attached hydrogen (secondary N) is 5. The van der Waals surface area contributed by atoms with Gasteiger partial charge in [-0.25, -0.2) is 9.59 Å². The summed E-state index contributed by atoms with van der Waals surface area (Å²) in [6.45, 7) is 1.67. The third-order valence-electron chi connectivity index (χ3n) is 6.42. The van der Waals surface area contributed by atoms with Crippen LogP contribution in [0.15, 0.2) is 44.8 Å². The van der Waals surface area contributed by atoms with Crippen LogP contribution in [0.5, 0.6) is 0 Å². The van der Waals surface area contributed by atoms with Gasteiger partial charge in [0, 0.05) is 37.0 Å². The van der Waals surface area contributed by atoms with Gasteiger partial charge < -0.3 is 41.4 Å². The number of nitrogen functional groups attached to an aromatic ring is 1. The molecule has 0 radical (unpaired) electrons. The highest BCUT2D eigenvalue weighted by molar-refractivity contribution is 5.97. The Morgan fingerprint density at radius 2 is 1.83 bits per heavy atom. The summed E-state index contributed by atoms with van der Waals surface area (Å²) in [4.78, 5) is 81.5. The lowest BCUT2D eigenvalue weighted by atomic mass is 10.1. The molecule has 0 spiro atoms. The van der Waals surface area contributed by atoms with Crippen molar-refractivity contribution in [2.24, 2.45) is 0 Å². The molecule has 1 amide bonds. The lowest BCUT2D eigenvalue weighted by Crippen LogP contribution is -2.44. The molecule has 1 fully saturated rings. The lowest BCUT2D eigenvalue weighted by Gasteiger charge is -2.31. The van der Waals surface area contributed by atoms with Crippen LogP contribution in [0.1, 0.15) is 23.2 Å². The Labute approximate surface area is 234 Å². The fourth-order valence-electron chi connectivity index (χ4n) is 4.40. The van der Waals surface area contributed by atoms with Crippen molar-refractivity contribution in [1.82, 2.24) is 25.3 Å². The van der Waals surface area contributed by atoms with E-state index in [1.807, 2.05) is 14.8 Å². The molecule has 4 heterocycles. The third-order valence-corrected chi connectivity index (χ3v) is 6.42. The number of halogens is 1. The van der Waals surface area contributed by atoms with Gasteiger partial charge in [0.2, 0.25) is 11.8 Å². The molecule has 2 aromatic heterocycles. The molecule has 2 atom stereocenters. The summed E-state index contributed by atoms with van der Waals surface area (Å²) in [6.07, 6.45) is 0.127. The molecule has 3 aromatic rings. The molecular formula is C24H26FN9O8. The van der Waals surface area contributed by atoms with Gasteiger partial charge in [0.25, 0.3) is 17.0 Å². The molecule has 18 heteroatoms. The molecule has 1 aromatic carbocycles. The number of hydrogen-bond donors (Lipinski definition) is 8. The Morgan fingerprint density at radius 1 is 1.12 bits per heavy atom. The number of carboxylic acid groups (broad SMARTS) is 2. The molecule has 0 bridgehead atoms. The summed E-state index contributed by atoms with van der Waals surface area (Å²) in [6, 6.07) is 5.35. The monoisotopic (exact) mass is 587 g/mol. The molecule has 17 nitrogen and oxygen atoms in total. The molecule has 2 aliphatic rings. The van der Waals surface area contributed by atoms with E-state index in [4.69, 9.17) is 10.8 Å². The minimum absolute atomic E-state index is 0.0394. The van der Waals surface area contributed by atoms with Gasteiger partial charge in [-0.2, -0.15) is 9.37 Å². The van der Waals surface area contributed by atoms with Crippen LogP contribution in [0.25, 0.3) is 0 Å². The number of carboxylic acids is 2. The van der Waals surface area contributed by atoms with Crippen molar-refractivity contribution in [3.05, 3.63) is 73.0 Å². The van der Waals surface area contributed by atoms with Crippen molar-refractivity contribution in [3.8, 4) is 0 Å². The van der Waals surface area contributed by atoms with Crippen molar-refractivity contribution >= 4 is 41.0 Å². The van der Waals surface area contributed by atoms with Crippen molar-refractivity contribution in [2.75, 3.05) is 40.6 Å². The number of rotatable bonds is 7. The van der Waals surface area contributed by atoms with Crippen LogP contribution in [-0.2, 0) is 9.59 Å². The number of H-pyrrole nitrogens is 3. The molecular weight excluding hydrogens is 561 g/mol. The minimum Gasteiger partial charge on any atom is -0.481 e. The first-order valence-electron chi connectivity index (χ1n) is 12.4. The number of aromatic nitrogens is 4. The van der Waals surface area contributed by atoms with E-state index in [0.717, 1.165) is 5.69 Å². The van der Waals surface area contributed by atoms with Gasteiger partial charge in [0.1, 0.15) is 11.7 Å². The normalized spacial score (nSPS) is 15.8. The first-order valence-corrected chi connectivity index (χ1v) is 12.4. The molecule has 5 rings (SSSR count). The summed E-state index contributed by atoms with van der Waals surface area (Å²) in [5, 5.41) is 23.4. The SMILES string of the molecule is Nc1nc2c(c(=O)[nH]1)N1CN(c3ccc(C(=O)N[C@@H](CCC(=O)O)C(=O)O)cc3)CC1CN2.O=c1[nH]cc(F)c(=O)[nH]1. The number of anilines is 4. The minimum atomic E-state index is -1.30. The Kier molecular flexibility index (Phi) is 8.53. The van der Waals surface area contributed by atoms with Crippen LogP contribution >= 0.6 is 0 Å². The van der Waals surface area contributed by atoms with Gasteiger partial charge in [0.15, 0.2) is 5.82 Å². The van der Waals surface area contributed by atoms with Gasteiger partial charge >= 0.3 is 17.6 Å². The Hall–Kier alpha value is -5.68. The largest absolute Gasteiger partial charge is 0.481 e. The molecule has 9 N–H and O–H groups in total. The van der Waals surface area contributed by atoms with Gasteiger partial charge in [0.05, 0.1) is 12.7 Å². The van der Waals surface area contributed by atoms with E-state index in [-0.39, 0.29) is 36.0 Å². The lowest BCUT2D eigenvalue weighted by molar-refractivity contribution is -0.140. The summed E-state index contributed by atoms with van der Waals surface area (Å²) < 4.78 is 12.0. The third kappa shape index (κ3) is 6.72. The van der Waals surface area contributed by atoms with Crippen LogP contribution in [0.3, 0.4) is 0 Å². The number of carbonyl (C=O) groups excluding carboxylic acids is 1. The maximum absolute atomic E-state index is 12.4. The van der Waals surface area contributed by atoms with Crippen molar-refractivity contribution in [3.63, 3.8) is 0 Å². The standard InChI is InChI=1S/C20H23N7O6.C4H3FN2O2/c21-20-24-16-15(18(31)25-20)27-9-26(8-12(27)7-22-16)11-3-1-10(2-4-11)17(30)23-13(19(32)33)5-6-14(28)29;5-2-1-6-4(9)7-3(2)8/h1-4,12-13H,5-9H2,(H,23,30)(H,28,29)(H,32,33)(H4,21,22,24,25,31);1H,(H2,6,7,8,9)/t12?,13-;/m0./s1. The molecule has 2 aliphatic heterocycles. The smallest absolute Gasteiger partial charge is 0.326 e. The maximum Gasteiger partial charge on any atom is 0.326 e. The maximum atomic E-state index is 12.4. The number of aromatic amines is 3. The summed E-state index contributed by atoms with van der Waals surface area (Å²) in [7, 11) is 0. The average Bonchev–Trinajstić information content (AvgIpc) is 3.37. The first-order chi connectivity index (χ1) is 19.9. The van der Waals surface area contributed by atoms with Gasteiger partial charge in [-0.1, -0.05) is 0 Å². The highest BCUT2D eigenvalue weighted by Gasteiger charge is 2.37. The van der Waals surface area contributed by atoms with Crippen LogP contribution < -0.4 is 43.0 Å². The van der Waals surface area contributed by atoms with E-state index >= 15 is 0 Å². The number of benzene rings is 1. The van der Waals surface area contributed by atoms with Crippen LogP contribution in [0.2, 0.25) is 0 Å². The molecule has 1 unspecified atom stereocenters. The predicted molar refractivity (Wildman–Crippen MR) is 146 cm³/mol. The van der Waals surface area contributed by atoms with E-state index in [1.165, 1.54) is 0 Å². The second kappa shape index (κ2) is 12.2. The summed E-state index contributed by atoms with van der Waals surface area (Å²) in [5.41, 5.74) is 5.10. The van der Waals surface area contributed by atoms with Crippen LogP contribution in [0, 0.1) is 5.82 Å². The van der Waals surface area contributed by atoms with Crippen molar-refractivity contribution in [1.29, 1.82) is 0 Å². The average molecular weight is 588 g/mol. The number of hydrogen-bond acceptors (Lipinski definition) is 11. The van der Waals surface area contributed by atoms with E-state index in [2.05, 4.69) is 20.6 Å². The molecule has 0 aliphatic carbocycles. The highest BCUT2D eigenvalue weighted by atomic mass is 19.1. The summed E-state index contributed by atoms with van der Waals surface area (Å²) >= 11 is 0. The highest BCUT2D eigenvalue weighted by Crippen LogP contribution is 2.32. The van der Waals surface area contributed by atoms with Crippen LogP contribution in [0.4, 0.5) is 27.5 Å². The van der Waals surface area contributed by atoms with Crippen molar-refractivity contribution < 1.29 is 29.0 Å². The summed E-state index contributed by atoms with van der Waals surface area (Å²) in [5.74, 6) is -3.54. The van der Waals surface area contributed by atoms with E-state index in [1.54, 1.807) is 29.2 Å². The molecule has 222 valence electrons. The number of nitrogens with zero attached hydrogens (tertiary/aromatic N) is 3.